The van der Waals surface area contributed by atoms with Gasteiger partial charge in [0.05, 0.1) is 11.3 Å². The Bertz CT molecular complexity index is 660. The summed E-state index contributed by atoms with van der Waals surface area (Å²) in [6.07, 6.45) is 1.56. The van der Waals surface area contributed by atoms with Crippen LogP contribution in [-0.2, 0) is 10.0 Å². The van der Waals surface area contributed by atoms with Gasteiger partial charge in [-0.05, 0) is 25.1 Å². The molecule has 2 aromatic rings. The van der Waals surface area contributed by atoms with E-state index >= 15 is 0 Å². The standard InChI is InChI=1S/C10H12N4O2S.ClH/c1-2-17(15,16)14-8-3-4-9-7(5-8)6-12-10(11)13-9;/h3-6,14H,2H2,1H3,(H2,11,12,13);1H. The Balaban J connectivity index is 0.00000162. The van der Waals surface area contributed by atoms with E-state index < -0.39 is 10.0 Å². The average Bonchev–Trinajstić information content (AvgIpc) is 2.29. The first-order valence-electron chi connectivity index (χ1n) is 5.03. The highest BCUT2D eigenvalue weighted by atomic mass is 35.5. The van der Waals surface area contributed by atoms with Crippen LogP contribution in [0.3, 0.4) is 0 Å². The van der Waals surface area contributed by atoms with Gasteiger partial charge in [-0.1, -0.05) is 0 Å². The topological polar surface area (TPSA) is 98.0 Å². The van der Waals surface area contributed by atoms with Gasteiger partial charge in [-0.2, -0.15) is 0 Å². The van der Waals surface area contributed by atoms with E-state index in [1.165, 1.54) is 0 Å². The summed E-state index contributed by atoms with van der Waals surface area (Å²) in [5, 5.41) is 0.732. The lowest BCUT2D eigenvalue weighted by molar-refractivity contribution is 0.602. The number of rotatable bonds is 3. The van der Waals surface area contributed by atoms with Crippen molar-refractivity contribution < 1.29 is 8.42 Å². The van der Waals surface area contributed by atoms with E-state index in [1.807, 2.05) is 0 Å². The largest absolute Gasteiger partial charge is 0.368 e. The summed E-state index contributed by atoms with van der Waals surface area (Å²) in [6.45, 7) is 1.58. The Morgan fingerprint density at radius 3 is 2.78 bits per heavy atom. The third kappa shape index (κ3) is 3.21. The Hall–Kier alpha value is -1.60. The van der Waals surface area contributed by atoms with Crippen molar-refractivity contribution in [3.63, 3.8) is 0 Å². The molecule has 1 aromatic carbocycles. The number of nitrogens with one attached hydrogen (secondary N) is 1. The number of hydrogen-bond acceptors (Lipinski definition) is 5. The predicted molar refractivity (Wildman–Crippen MR) is 74.3 cm³/mol. The maximum absolute atomic E-state index is 11.4. The first kappa shape index (κ1) is 14.5. The van der Waals surface area contributed by atoms with Crippen molar-refractivity contribution in [1.29, 1.82) is 0 Å². The van der Waals surface area contributed by atoms with E-state index in [9.17, 15) is 8.42 Å². The first-order valence-corrected chi connectivity index (χ1v) is 6.68. The van der Waals surface area contributed by atoms with Crippen LogP contribution in [0.25, 0.3) is 10.9 Å². The molecule has 1 heterocycles. The number of nitrogen functional groups attached to an aromatic ring is 1. The Morgan fingerprint density at radius 1 is 1.39 bits per heavy atom. The van der Waals surface area contributed by atoms with Crippen LogP contribution in [0.5, 0.6) is 0 Å². The molecular formula is C10H13ClN4O2S. The smallest absolute Gasteiger partial charge is 0.232 e. The van der Waals surface area contributed by atoms with Gasteiger partial charge in [-0.3, -0.25) is 4.72 Å². The van der Waals surface area contributed by atoms with E-state index in [1.54, 1.807) is 31.3 Å². The van der Waals surface area contributed by atoms with Gasteiger partial charge in [0.1, 0.15) is 0 Å². The number of nitrogens with two attached hydrogens (primary N) is 1. The number of halogens is 1. The molecule has 3 N–H and O–H groups in total. The highest BCUT2D eigenvalue weighted by Crippen LogP contribution is 2.18. The molecule has 2 rings (SSSR count). The fourth-order valence-corrected chi connectivity index (χ4v) is 1.99. The Labute approximate surface area is 111 Å². The van der Waals surface area contributed by atoms with Crippen LogP contribution in [0.1, 0.15) is 6.92 Å². The third-order valence-electron chi connectivity index (χ3n) is 2.25. The monoisotopic (exact) mass is 288 g/mol. The normalized spacial score (nSPS) is 10.9. The summed E-state index contributed by atoms with van der Waals surface area (Å²) in [7, 11) is -3.26. The zero-order valence-corrected chi connectivity index (χ0v) is 11.3. The fraction of sp³-hybridized carbons (Fsp3) is 0.200. The number of benzene rings is 1. The van der Waals surface area contributed by atoms with Crippen LogP contribution >= 0.6 is 12.4 Å². The summed E-state index contributed by atoms with van der Waals surface area (Å²) >= 11 is 0. The van der Waals surface area contributed by atoms with Gasteiger partial charge in [0.2, 0.25) is 16.0 Å². The molecule has 0 radical (unpaired) electrons. The molecule has 6 nitrogen and oxygen atoms in total. The van der Waals surface area contributed by atoms with Crippen molar-refractivity contribution in [3.05, 3.63) is 24.4 Å². The van der Waals surface area contributed by atoms with E-state index in [0.29, 0.717) is 11.2 Å². The summed E-state index contributed by atoms with van der Waals surface area (Å²) in [5.41, 5.74) is 6.62. The quantitative estimate of drug-likeness (QED) is 0.889. The number of anilines is 2. The van der Waals surface area contributed by atoms with Crippen LogP contribution in [0.2, 0.25) is 0 Å². The molecule has 0 aliphatic heterocycles. The molecule has 98 valence electrons. The summed E-state index contributed by atoms with van der Waals surface area (Å²) in [6, 6.07) is 5.00. The maximum Gasteiger partial charge on any atom is 0.232 e. The highest BCUT2D eigenvalue weighted by Gasteiger charge is 2.07. The summed E-state index contributed by atoms with van der Waals surface area (Å²) in [5.74, 6) is 0.225. The Kier molecular flexibility index (Phi) is 4.31. The third-order valence-corrected chi connectivity index (χ3v) is 3.56. The number of hydrogen-bond donors (Lipinski definition) is 2. The molecule has 0 spiro atoms. The van der Waals surface area contributed by atoms with E-state index in [-0.39, 0.29) is 24.1 Å². The number of sulfonamides is 1. The van der Waals surface area contributed by atoms with Crippen molar-refractivity contribution in [3.8, 4) is 0 Å². The molecule has 0 unspecified atom stereocenters. The fourth-order valence-electron chi connectivity index (χ4n) is 1.36. The van der Waals surface area contributed by atoms with Gasteiger partial charge in [0.15, 0.2) is 0 Å². The Morgan fingerprint density at radius 2 is 2.11 bits per heavy atom. The second kappa shape index (κ2) is 5.36. The van der Waals surface area contributed by atoms with Crippen LogP contribution in [0.15, 0.2) is 24.4 Å². The maximum atomic E-state index is 11.4. The molecule has 0 amide bonds. The van der Waals surface area contributed by atoms with E-state index in [4.69, 9.17) is 5.73 Å². The average molecular weight is 289 g/mol. The second-order valence-electron chi connectivity index (χ2n) is 3.51. The van der Waals surface area contributed by atoms with Gasteiger partial charge < -0.3 is 5.73 Å². The molecule has 8 heteroatoms. The lowest BCUT2D eigenvalue weighted by Crippen LogP contribution is -2.14. The minimum Gasteiger partial charge on any atom is -0.368 e. The van der Waals surface area contributed by atoms with E-state index in [0.717, 1.165) is 5.39 Å². The molecular weight excluding hydrogens is 276 g/mol. The van der Waals surface area contributed by atoms with Crippen LogP contribution in [-0.4, -0.2) is 24.1 Å². The molecule has 18 heavy (non-hydrogen) atoms. The molecule has 0 bridgehead atoms. The second-order valence-corrected chi connectivity index (χ2v) is 5.52. The van der Waals surface area contributed by atoms with Gasteiger partial charge >= 0.3 is 0 Å². The zero-order chi connectivity index (χ0) is 12.5. The SMILES string of the molecule is CCS(=O)(=O)Nc1ccc2nc(N)ncc2c1.Cl. The lowest BCUT2D eigenvalue weighted by Gasteiger charge is -2.06. The first-order chi connectivity index (χ1) is 8.00. The molecule has 0 saturated heterocycles. The summed E-state index contributed by atoms with van der Waals surface area (Å²) < 4.78 is 25.3. The van der Waals surface area contributed by atoms with Crippen LogP contribution < -0.4 is 10.5 Å². The minimum atomic E-state index is -3.26. The van der Waals surface area contributed by atoms with Crippen LogP contribution in [0, 0.1) is 0 Å². The van der Waals surface area contributed by atoms with Crippen molar-refractivity contribution in [2.45, 2.75) is 6.92 Å². The molecule has 1 aromatic heterocycles. The van der Waals surface area contributed by atoms with Crippen molar-refractivity contribution >= 4 is 45.0 Å². The zero-order valence-electron chi connectivity index (χ0n) is 9.62. The number of fused-ring (bicyclic) bond motifs is 1. The molecule has 0 aliphatic carbocycles. The lowest BCUT2D eigenvalue weighted by atomic mass is 10.2. The molecule has 0 aliphatic rings. The predicted octanol–water partition coefficient (Wildman–Crippen LogP) is 1.40. The van der Waals surface area contributed by atoms with Gasteiger partial charge in [0.25, 0.3) is 0 Å². The van der Waals surface area contributed by atoms with Crippen molar-refractivity contribution in [1.82, 2.24) is 9.97 Å². The minimum absolute atomic E-state index is 0. The molecule has 0 fully saturated rings. The highest BCUT2D eigenvalue weighted by molar-refractivity contribution is 7.92. The van der Waals surface area contributed by atoms with Crippen LogP contribution in [0.4, 0.5) is 11.6 Å². The van der Waals surface area contributed by atoms with E-state index in [2.05, 4.69) is 14.7 Å². The number of aromatic nitrogens is 2. The molecule has 0 saturated carbocycles. The van der Waals surface area contributed by atoms with Gasteiger partial charge in [0, 0.05) is 17.3 Å². The van der Waals surface area contributed by atoms with Crippen molar-refractivity contribution in [2.24, 2.45) is 0 Å². The molecule has 0 atom stereocenters. The summed E-state index contributed by atoms with van der Waals surface area (Å²) in [4.78, 5) is 7.88. The van der Waals surface area contributed by atoms with Crippen molar-refractivity contribution in [2.75, 3.05) is 16.2 Å². The van der Waals surface area contributed by atoms with Gasteiger partial charge in [-0.25, -0.2) is 18.4 Å². The van der Waals surface area contributed by atoms with Gasteiger partial charge in [-0.15, -0.1) is 12.4 Å². The number of nitrogens with zero attached hydrogens (tertiary/aromatic N) is 2.